The molecule has 3 N–H and O–H groups in total. The van der Waals surface area contributed by atoms with E-state index >= 15 is 0 Å². The summed E-state index contributed by atoms with van der Waals surface area (Å²) in [6.45, 7) is 3.28. The molecular weight excluding hydrogens is 248 g/mol. The second kappa shape index (κ2) is 7.38. The molecule has 0 aliphatic heterocycles. The van der Waals surface area contributed by atoms with Crippen LogP contribution in [0.4, 0.5) is 5.69 Å². The monoisotopic (exact) mass is 270 g/mol. The first-order valence-electron chi connectivity index (χ1n) is 6.37. The fourth-order valence-electron chi connectivity index (χ4n) is 1.75. The molecule has 0 bridgehead atoms. The normalized spacial score (nSPS) is 11.4. The van der Waals surface area contributed by atoms with Crippen LogP contribution in [-0.2, 0) is 9.84 Å². The summed E-state index contributed by atoms with van der Waals surface area (Å²) in [5.74, 6) is 0.189. The lowest BCUT2D eigenvalue weighted by atomic mass is 10.3. The molecule has 0 heterocycles. The minimum atomic E-state index is -3.17. The summed E-state index contributed by atoms with van der Waals surface area (Å²) < 4.78 is 24.2. The Hall–Kier alpha value is -1.07. The standard InChI is InChI=1S/C13H22N2O2S/c1-2-11-18(16,17)13-8-4-3-7-12(13)15-10-6-5-9-14/h3-4,7-8,15H,2,5-6,9-11,14H2,1H3. The number of sulfone groups is 1. The average molecular weight is 270 g/mol. The summed E-state index contributed by atoms with van der Waals surface area (Å²) >= 11 is 0. The molecule has 102 valence electrons. The van der Waals surface area contributed by atoms with Crippen LogP contribution in [0.5, 0.6) is 0 Å². The largest absolute Gasteiger partial charge is 0.384 e. The van der Waals surface area contributed by atoms with E-state index in [-0.39, 0.29) is 5.75 Å². The minimum absolute atomic E-state index is 0.189. The number of para-hydroxylation sites is 1. The quantitative estimate of drug-likeness (QED) is 0.709. The van der Waals surface area contributed by atoms with Gasteiger partial charge in [-0.15, -0.1) is 0 Å². The van der Waals surface area contributed by atoms with Gasteiger partial charge in [0.1, 0.15) is 0 Å². The van der Waals surface area contributed by atoms with Gasteiger partial charge < -0.3 is 11.1 Å². The molecule has 0 atom stereocenters. The van der Waals surface area contributed by atoms with Gasteiger partial charge in [0.05, 0.1) is 16.3 Å². The van der Waals surface area contributed by atoms with E-state index in [1.54, 1.807) is 12.1 Å². The van der Waals surface area contributed by atoms with Gasteiger partial charge in [0.15, 0.2) is 9.84 Å². The third kappa shape index (κ3) is 4.31. The first-order chi connectivity index (χ1) is 8.61. The van der Waals surface area contributed by atoms with E-state index in [9.17, 15) is 8.42 Å². The zero-order valence-corrected chi connectivity index (χ0v) is 11.7. The molecular formula is C13H22N2O2S. The molecule has 4 nitrogen and oxygen atoms in total. The number of unbranched alkanes of at least 4 members (excludes halogenated alkanes) is 1. The first kappa shape index (κ1) is 15.0. The van der Waals surface area contributed by atoms with Crippen molar-refractivity contribution in [2.45, 2.75) is 31.1 Å². The van der Waals surface area contributed by atoms with Gasteiger partial charge in [0.25, 0.3) is 0 Å². The second-order valence-electron chi connectivity index (χ2n) is 4.24. The highest BCUT2D eigenvalue weighted by molar-refractivity contribution is 7.91. The number of hydrogen-bond acceptors (Lipinski definition) is 4. The molecule has 0 aliphatic carbocycles. The minimum Gasteiger partial charge on any atom is -0.384 e. The summed E-state index contributed by atoms with van der Waals surface area (Å²) in [5, 5.41) is 3.18. The van der Waals surface area contributed by atoms with Crippen molar-refractivity contribution >= 4 is 15.5 Å². The molecule has 0 radical (unpaired) electrons. The van der Waals surface area contributed by atoms with Crippen molar-refractivity contribution in [3.8, 4) is 0 Å². The van der Waals surface area contributed by atoms with Crippen molar-refractivity contribution in [2.75, 3.05) is 24.2 Å². The lowest BCUT2D eigenvalue weighted by Gasteiger charge is -2.12. The fourth-order valence-corrected chi connectivity index (χ4v) is 3.27. The van der Waals surface area contributed by atoms with Crippen molar-refractivity contribution in [3.05, 3.63) is 24.3 Å². The molecule has 0 aliphatic rings. The van der Waals surface area contributed by atoms with Gasteiger partial charge in [-0.25, -0.2) is 8.42 Å². The molecule has 1 aromatic rings. The van der Waals surface area contributed by atoms with Crippen molar-refractivity contribution in [1.82, 2.24) is 0 Å². The number of nitrogens with one attached hydrogen (secondary N) is 1. The van der Waals surface area contributed by atoms with Gasteiger partial charge in [-0.3, -0.25) is 0 Å². The van der Waals surface area contributed by atoms with Crippen LogP contribution < -0.4 is 11.1 Å². The van der Waals surface area contributed by atoms with E-state index in [4.69, 9.17) is 5.73 Å². The average Bonchev–Trinajstić information content (AvgIpc) is 2.35. The Morgan fingerprint density at radius 2 is 1.94 bits per heavy atom. The van der Waals surface area contributed by atoms with Gasteiger partial charge in [-0.05, 0) is 37.9 Å². The predicted molar refractivity (Wildman–Crippen MR) is 75.6 cm³/mol. The summed E-state index contributed by atoms with van der Waals surface area (Å²) in [7, 11) is -3.17. The smallest absolute Gasteiger partial charge is 0.180 e. The van der Waals surface area contributed by atoms with Crippen molar-refractivity contribution in [1.29, 1.82) is 0 Å². The summed E-state index contributed by atoms with van der Waals surface area (Å²) in [4.78, 5) is 0.402. The number of anilines is 1. The predicted octanol–water partition coefficient (Wildman–Crippen LogP) is 2.02. The fraction of sp³-hybridized carbons (Fsp3) is 0.538. The molecule has 5 heteroatoms. The first-order valence-corrected chi connectivity index (χ1v) is 8.02. The lowest BCUT2D eigenvalue weighted by molar-refractivity contribution is 0.595. The highest BCUT2D eigenvalue weighted by Crippen LogP contribution is 2.22. The number of hydrogen-bond donors (Lipinski definition) is 2. The number of rotatable bonds is 8. The third-order valence-corrected chi connectivity index (χ3v) is 4.61. The molecule has 0 amide bonds. The van der Waals surface area contributed by atoms with E-state index in [0.29, 0.717) is 23.5 Å². The van der Waals surface area contributed by atoms with Crippen molar-refractivity contribution in [3.63, 3.8) is 0 Å². The molecule has 0 unspecified atom stereocenters. The molecule has 1 rings (SSSR count). The SMILES string of the molecule is CCCS(=O)(=O)c1ccccc1NCCCCN. The zero-order chi connectivity index (χ0) is 13.4. The Bertz CT molecular complexity index is 458. The lowest BCUT2D eigenvalue weighted by Crippen LogP contribution is -2.11. The maximum absolute atomic E-state index is 12.1. The summed E-state index contributed by atoms with van der Waals surface area (Å²) in [5.41, 5.74) is 6.12. The molecule has 0 saturated heterocycles. The Balaban J connectivity index is 2.80. The van der Waals surface area contributed by atoms with Gasteiger partial charge >= 0.3 is 0 Å². The van der Waals surface area contributed by atoms with Crippen LogP contribution >= 0.6 is 0 Å². The van der Waals surface area contributed by atoms with Crippen LogP contribution in [0.2, 0.25) is 0 Å². The van der Waals surface area contributed by atoms with E-state index in [0.717, 1.165) is 19.4 Å². The highest BCUT2D eigenvalue weighted by Gasteiger charge is 2.16. The second-order valence-corrected chi connectivity index (χ2v) is 6.32. The van der Waals surface area contributed by atoms with Crippen LogP contribution in [0, 0.1) is 0 Å². The molecule has 18 heavy (non-hydrogen) atoms. The van der Waals surface area contributed by atoms with Crippen LogP contribution in [0.15, 0.2) is 29.2 Å². The number of nitrogens with two attached hydrogens (primary N) is 1. The molecule has 0 fully saturated rings. The van der Waals surface area contributed by atoms with Crippen LogP contribution in [0.25, 0.3) is 0 Å². The Morgan fingerprint density at radius 1 is 1.22 bits per heavy atom. The van der Waals surface area contributed by atoms with Gasteiger partial charge in [-0.1, -0.05) is 19.1 Å². The van der Waals surface area contributed by atoms with Crippen LogP contribution in [-0.4, -0.2) is 27.3 Å². The summed E-state index contributed by atoms with van der Waals surface area (Å²) in [6.07, 6.45) is 2.51. The van der Waals surface area contributed by atoms with Crippen molar-refractivity contribution < 1.29 is 8.42 Å². The van der Waals surface area contributed by atoms with E-state index < -0.39 is 9.84 Å². The van der Waals surface area contributed by atoms with E-state index in [1.807, 2.05) is 19.1 Å². The Labute approximate surface area is 110 Å². The Morgan fingerprint density at radius 3 is 2.61 bits per heavy atom. The Kier molecular flexibility index (Phi) is 6.15. The maximum Gasteiger partial charge on any atom is 0.180 e. The topological polar surface area (TPSA) is 72.2 Å². The van der Waals surface area contributed by atoms with Crippen molar-refractivity contribution in [2.24, 2.45) is 5.73 Å². The van der Waals surface area contributed by atoms with Gasteiger partial charge in [0, 0.05) is 6.54 Å². The van der Waals surface area contributed by atoms with Crippen LogP contribution in [0.3, 0.4) is 0 Å². The maximum atomic E-state index is 12.1. The molecule has 0 saturated carbocycles. The molecule has 1 aromatic carbocycles. The summed E-state index contributed by atoms with van der Waals surface area (Å²) in [6, 6.07) is 7.07. The van der Waals surface area contributed by atoms with E-state index in [2.05, 4.69) is 5.32 Å². The highest BCUT2D eigenvalue weighted by atomic mass is 32.2. The number of benzene rings is 1. The van der Waals surface area contributed by atoms with Gasteiger partial charge in [0.2, 0.25) is 0 Å². The van der Waals surface area contributed by atoms with Gasteiger partial charge in [-0.2, -0.15) is 0 Å². The molecule has 0 spiro atoms. The zero-order valence-electron chi connectivity index (χ0n) is 10.9. The third-order valence-electron chi connectivity index (χ3n) is 2.64. The molecule has 0 aromatic heterocycles. The van der Waals surface area contributed by atoms with E-state index in [1.165, 1.54) is 0 Å². The van der Waals surface area contributed by atoms with Crippen LogP contribution in [0.1, 0.15) is 26.2 Å².